The maximum Gasteiger partial charge on any atom is 0.235 e. The molecule has 0 radical (unpaired) electrons. The van der Waals surface area contributed by atoms with E-state index in [-0.39, 0.29) is 35.1 Å². The molecule has 4 N–H and O–H groups in total. The number of rotatable bonds is 4. The molecule has 0 amide bonds. The molecule has 3 aromatic rings. The van der Waals surface area contributed by atoms with E-state index in [1.165, 1.54) is 12.1 Å². The SMILES string of the molecule is C=P(O)(O)CCc1cc(O)cc2oc(-c3ccccc3)c(O)c(=O)c12. The van der Waals surface area contributed by atoms with Gasteiger partial charge >= 0.3 is 0 Å². The zero-order chi connectivity index (χ0) is 18.2. The van der Waals surface area contributed by atoms with Gasteiger partial charge in [0.15, 0.2) is 5.76 Å². The van der Waals surface area contributed by atoms with Crippen molar-refractivity contribution in [1.29, 1.82) is 0 Å². The van der Waals surface area contributed by atoms with Crippen molar-refractivity contribution in [1.82, 2.24) is 0 Å². The molecule has 1 heterocycles. The van der Waals surface area contributed by atoms with Crippen molar-refractivity contribution in [3.05, 3.63) is 58.3 Å². The fraction of sp³-hybridized carbons (Fsp3) is 0.111. The highest BCUT2D eigenvalue weighted by molar-refractivity contribution is 7.62. The van der Waals surface area contributed by atoms with Gasteiger partial charge in [0.05, 0.1) is 5.39 Å². The van der Waals surface area contributed by atoms with Gasteiger partial charge in [-0.25, -0.2) is 0 Å². The molecule has 0 aliphatic heterocycles. The van der Waals surface area contributed by atoms with E-state index in [4.69, 9.17) is 4.42 Å². The van der Waals surface area contributed by atoms with Crippen LogP contribution in [0.5, 0.6) is 11.5 Å². The quantitative estimate of drug-likeness (QED) is 0.533. The van der Waals surface area contributed by atoms with Crippen molar-refractivity contribution in [3.8, 4) is 22.8 Å². The molecular formula is C18H17O6P. The van der Waals surface area contributed by atoms with Crippen molar-refractivity contribution in [3.63, 3.8) is 0 Å². The molecular weight excluding hydrogens is 343 g/mol. The second kappa shape index (κ2) is 6.41. The summed E-state index contributed by atoms with van der Waals surface area (Å²) in [4.78, 5) is 31.6. The first kappa shape index (κ1) is 17.3. The number of hydrogen-bond donors (Lipinski definition) is 4. The maximum atomic E-state index is 12.7. The molecule has 25 heavy (non-hydrogen) atoms. The van der Waals surface area contributed by atoms with Crippen LogP contribution in [0.15, 0.2) is 51.7 Å². The van der Waals surface area contributed by atoms with Gasteiger partial charge in [0.2, 0.25) is 11.2 Å². The summed E-state index contributed by atoms with van der Waals surface area (Å²) < 4.78 is 5.67. The number of phenolic OH excluding ortho intramolecular Hbond substituents is 1. The fourth-order valence-electron chi connectivity index (χ4n) is 2.66. The molecule has 0 aliphatic carbocycles. The van der Waals surface area contributed by atoms with E-state index in [9.17, 15) is 24.8 Å². The van der Waals surface area contributed by atoms with Crippen molar-refractivity contribution in [2.75, 3.05) is 6.16 Å². The lowest BCUT2D eigenvalue weighted by molar-refractivity contribution is 0.447. The lowest BCUT2D eigenvalue weighted by Crippen LogP contribution is -2.07. The van der Waals surface area contributed by atoms with Crippen LogP contribution < -0.4 is 5.43 Å². The molecule has 0 bridgehead atoms. The summed E-state index contributed by atoms with van der Waals surface area (Å²) in [6, 6.07) is 11.3. The van der Waals surface area contributed by atoms with E-state index in [1.807, 2.05) is 0 Å². The van der Waals surface area contributed by atoms with E-state index in [1.54, 1.807) is 30.3 Å². The van der Waals surface area contributed by atoms with Crippen LogP contribution >= 0.6 is 7.34 Å². The minimum atomic E-state index is -3.29. The van der Waals surface area contributed by atoms with Gasteiger partial charge in [-0.3, -0.25) is 4.79 Å². The average molecular weight is 360 g/mol. The minimum Gasteiger partial charge on any atom is -0.508 e. The van der Waals surface area contributed by atoms with Crippen LogP contribution in [0.1, 0.15) is 5.56 Å². The number of fused-ring (bicyclic) bond motifs is 1. The Bertz CT molecular complexity index is 1030. The summed E-state index contributed by atoms with van der Waals surface area (Å²) in [6.45, 7) is 0. The molecule has 2 aromatic carbocycles. The summed E-state index contributed by atoms with van der Waals surface area (Å²) in [6.07, 6.45) is 3.34. The summed E-state index contributed by atoms with van der Waals surface area (Å²) in [5, 5.41) is 20.3. The Morgan fingerprint density at radius 2 is 1.76 bits per heavy atom. The second-order valence-corrected chi connectivity index (χ2v) is 8.01. The summed E-state index contributed by atoms with van der Waals surface area (Å²) in [5.74, 6) is -0.647. The molecule has 0 aliphatic rings. The molecule has 0 fully saturated rings. The van der Waals surface area contributed by atoms with Crippen LogP contribution in [0, 0.1) is 0 Å². The molecule has 0 atom stereocenters. The molecule has 0 unspecified atom stereocenters. The van der Waals surface area contributed by atoms with Gasteiger partial charge in [0, 0.05) is 17.8 Å². The lowest BCUT2D eigenvalue weighted by atomic mass is 10.0. The summed E-state index contributed by atoms with van der Waals surface area (Å²) in [7, 11) is -3.29. The highest BCUT2D eigenvalue weighted by Gasteiger charge is 2.19. The Balaban J connectivity index is 2.23. The molecule has 0 saturated heterocycles. The van der Waals surface area contributed by atoms with E-state index in [0.29, 0.717) is 11.1 Å². The van der Waals surface area contributed by atoms with Crippen LogP contribution in [0.25, 0.3) is 22.3 Å². The van der Waals surface area contributed by atoms with E-state index >= 15 is 0 Å². The normalized spacial score (nSPS) is 11.8. The monoisotopic (exact) mass is 360 g/mol. The largest absolute Gasteiger partial charge is 0.508 e. The summed E-state index contributed by atoms with van der Waals surface area (Å²) >= 11 is 0. The van der Waals surface area contributed by atoms with Crippen LogP contribution in [0.2, 0.25) is 0 Å². The Morgan fingerprint density at radius 1 is 1.08 bits per heavy atom. The first-order valence-electron chi connectivity index (χ1n) is 7.51. The van der Waals surface area contributed by atoms with Gasteiger partial charge < -0.3 is 24.4 Å². The first-order chi connectivity index (χ1) is 11.8. The molecule has 3 rings (SSSR count). The van der Waals surface area contributed by atoms with Gasteiger partial charge in [0.25, 0.3) is 0 Å². The van der Waals surface area contributed by atoms with Gasteiger partial charge in [0.1, 0.15) is 18.7 Å². The molecule has 130 valence electrons. The smallest absolute Gasteiger partial charge is 0.235 e. The first-order valence-corrected chi connectivity index (χ1v) is 9.58. The number of benzene rings is 2. The van der Waals surface area contributed by atoms with Crippen LogP contribution in [-0.2, 0) is 6.42 Å². The predicted octanol–water partition coefficient (Wildman–Crippen LogP) is 2.68. The molecule has 0 saturated carbocycles. The summed E-state index contributed by atoms with van der Waals surface area (Å²) in [5.41, 5.74) is 0.353. The van der Waals surface area contributed by atoms with Crippen LogP contribution in [0.3, 0.4) is 0 Å². The van der Waals surface area contributed by atoms with E-state index in [0.717, 1.165) is 0 Å². The lowest BCUT2D eigenvalue weighted by Gasteiger charge is -2.12. The zero-order valence-corrected chi connectivity index (χ0v) is 14.1. The number of hydrogen-bond acceptors (Lipinski definition) is 6. The van der Waals surface area contributed by atoms with Crippen molar-refractivity contribution in [2.24, 2.45) is 0 Å². The Morgan fingerprint density at radius 3 is 2.40 bits per heavy atom. The standard InChI is InChI=1S/C18H17O6P/c1-25(22,23)8-7-12-9-13(19)10-14-15(12)16(20)17(21)18(24-14)11-5-3-2-4-6-11/h2-6,9-10,19,21-23H,1,7-8H2. The van der Waals surface area contributed by atoms with Gasteiger partial charge in [-0.2, -0.15) is 0 Å². The van der Waals surface area contributed by atoms with Crippen molar-refractivity contribution < 1.29 is 24.4 Å². The third-order valence-corrected chi connectivity index (χ3v) is 4.75. The highest BCUT2D eigenvalue weighted by atomic mass is 31.2. The number of aryl methyl sites for hydroxylation is 1. The van der Waals surface area contributed by atoms with Gasteiger partial charge in [-0.1, -0.05) is 36.6 Å². The third kappa shape index (κ3) is 3.61. The minimum absolute atomic E-state index is 0.0120. The maximum absolute atomic E-state index is 12.7. The third-order valence-electron chi connectivity index (χ3n) is 3.81. The second-order valence-electron chi connectivity index (χ2n) is 5.81. The highest BCUT2D eigenvalue weighted by Crippen LogP contribution is 2.37. The molecule has 6 nitrogen and oxygen atoms in total. The van der Waals surface area contributed by atoms with Gasteiger partial charge in [-0.15, -0.1) is 0 Å². The Labute approximate surface area is 143 Å². The molecule has 7 heteroatoms. The Hall–Kier alpha value is -2.53. The van der Waals surface area contributed by atoms with Crippen LogP contribution in [0.4, 0.5) is 0 Å². The van der Waals surface area contributed by atoms with Gasteiger partial charge in [-0.05, 0) is 18.1 Å². The number of aromatic hydroxyl groups is 2. The fourth-order valence-corrected chi connectivity index (χ4v) is 3.26. The van der Waals surface area contributed by atoms with E-state index in [2.05, 4.69) is 6.30 Å². The van der Waals surface area contributed by atoms with Crippen LogP contribution in [-0.4, -0.2) is 32.5 Å². The average Bonchev–Trinajstić information content (AvgIpc) is 2.55. The molecule has 1 aromatic heterocycles. The molecule has 0 spiro atoms. The topological polar surface area (TPSA) is 111 Å². The van der Waals surface area contributed by atoms with Crippen molar-refractivity contribution >= 4 is 24.6 Å². The van der Waals surface area contributed by atoms with Crippen molar-refractivity contribution in [2.45, 2.75) is 6.42 Å². The zero-order valence-electron chi connectivity index (χ0n) is 13.2. The van der Waals surface area contributed by atoms with E-state index < -0.39 is 18.5 Å². The predicted molar refractivity (Wildman–Crippen MR) is 98.3 cm³/mol. The Kier molecular flexibility index (Phi) is 4.43. The number of phenols is 1.